The largest absolute Gasteiger partial charge is 0.439 e. The van der Waals surface area contributed by atoms with Gasteiger partial charge in [0.2, 0.25) is 0 Å². The van der Waals surface area contributed by atoms with E-state index in [0.29, 0.717) is 5.57 Å². The van der Waals surface area contributed by atoms with E-state index in [2.05, 4.69) is 11.6 Å². The molecule has 0 fully saturated rings. The Morgan fingerprint density at radius 3 is 2.56 bits per heavy atom. The van der Waals surface area contributed by atoms with Crippen molar-refractivity contribution < 1.29 is 9.53 Å². The molecular formula is C12H16N2O2. The van der Waals surface area contributed by atoms with Crippen LogP contribution < -0.4 is 4.90 Å². The fourth-order valence-electron chi connectivity index (χ4n) is 1.12. The number of hydrogen-bond acceptors (Lipinski definition) is 4. The molecule has 1 unspecified atom stereocenters. The lowest BCUT2D eigenvalue weighted by Gasteiger charge is -2.26. The summed E-state index contributed by atoms with van der Waals surface area (Å²) in [6.45, 7) is 6.97. The van der Waals surface area contributed by atoms with E-state index in [0.717, 1.165) is 5.69 Å². The molecule has 4 nitrogen and oxygen atoms in total. The standard InChI is InChI=1S/C12H16N2O2/c1-9(2)12(15)16-10(3)14(4)11-5-7-13-8-6-11/h5-8,10H,1H2,2-4H3. The second kappa shape index (κ2) is 5.30. The second-order valence-electron chi connectivity index (χ2n) is 3.60. The molecule has 0 aliphatic heterocycles. The lowest BCUT2D eigenvalue weighted by atomic mass is 10.3. The molecule has 0 aliphatic carbocycles. The van der Waals surface area contributed by atoms with Crippen molar-refractivity contribution in [2.75, 3.05) is 11.9 Å². The van der Waals surface area contributed by atoms with Gasteiger partial charge < -0.3 is 9.64 Å². The smallest absolute Gasteiger partial charge is 0.335 e. The lowest BCUT2D eigenvalue weighted by molar-refractivity contribution is -0.143. The van der Waals surface area contributed by atoms with Crippen molar-refractivity contribution >= 4 is 11.7 Å². The van der Waals surface area contributed by atoms with Crippen LogP contribution in [0.2, 0.25) is 0 Å². The third kappa shape index (κ3) is 3.08. The number of carbonyl (C=O) groups excluding carboxylic acids is 1. The molecule has 0 amide bonds. The van der Waals surface area contributed by atoms with Gasteiger partial charge in [-0.25, -0.2) is 4.79 Å². The monoisotopic (exact) mass is 220 g/mol. The predicted molar refractivity (Wildman–Crippen MR) is 63.0 cm³/mol. The van der Waals surface area contributed by atoms with Crippen LogP contribution in [-0.4, -0.2) is 24.2 Å². The molecular weight excluding hydrogens is 204 g/mol. The maximum atomic E-state index is 11.3. The SMILES string of the molecule is C=C(C)C(=O)OC(C)N(C)c1ccncc1. The number of pyridine rings is 1. The molecule has 1 rings (SSSR count). The summed E-state index contributed by atoms with van der Waals surface area (Å²) in [5.74, 6) is -0.381. The van der Waals surface area contributed by atoms with Crippen LogP contribution in [0, 0.1) is 0 Å². The first-order chi connectivity index (χ1) is 7.52. The molecule has 0 saturated heterocycles. The van der Waals surface area contributed by atoms with Gasteiger partial charge in [-0.1, -0.05) is 6.58 Å². The molecule has 16 heavy (non-hydrogen) atoms. The molecule has 86 valence electrons. The number of carbonyl (C=O) groups is 1. The summed E-state index contributed by atoms with van der Waals surface area (Å²) in [6.07, 6.45) is 3.05. The molecule has 1 atom stereocenters. The topological polar surface area (TPSA) is 42.4 Å². The van der Waals surface area contributed by atoms with E-state index in [-0.39, 0.29) is 12.2 Å². The highest BCUT2D eigenvalue weighted by Crippen LogP contribution is 2.14. The minimum atomic E-state index is -0.381. The van der Waals surface area contributed by atoms with E-state index in [1.54, 1.807) is 26.2 Å². The lowest BCUT2D eigenvalue weighted by Crippen LogP contribution is -2.33. The number of rotatable bonds is 4. The maximum absolute atomic E-state index is 11.3. The minimum absolute atomic E-state index is 0.341. The molecule has 0 aliphatic rings. The van der Waals surface area contributed by atoms with Gasteiger partial charge in [-0.05, 0) is 26.0 Å². The number of esters is 1. The average Bonchev–Trinajstić information content (AvgIpc) is 2.28. The number of anilines is 1. The third-order valence-electron chi connectivity index (χ3n) is 2.24. The van der Waals surface area contributed by atoms with E-state index in [9.17, 15) is 4.79 Å². The molecule has 4 heteroatoms. The van der Waals surface area contributed by atoms with Crippen molar-refractivity contribution in [2.24, 2.45) is 0 Å². The first kappa shape index (κ1) is 12.2. The van der Waals surface area contributed by atoms with Crippen LogP contribution in [0.1, 0.15) is 13.8 Å². The van der Waals surface area contributed by atoms with Crippen molar-refractivity contribution in [2.45, 2.75) is 20.1 Å². The Bertz CT molecular complexity index is 376. The number of aromatic nitrogens is 1. The molecule has 0 saturated carbocycles. The Kier molecular flexibility index (Phi) is 4.05. The summed E-state index contributed by atoms with van der Waals surface area (Å²) < 4.78 is 5.20. The summed E-state index contributed by atoms with van der Waals surface area (Å²) in [5.41, 5.74) is 1.34. The maximum Gasteiger partial charge on any atom is 0.335 e. The van der Waals surface area contributed by atoms with Gasteiger partial charge in [-0.3, -0.25) is 4.98 Å². The second-order valence-corrected chi connectivity index (χ2v) is 3.60. The fraction of sp³-hybridized carbons (Fsp3) is 0.333. The first-order valence-corrected chi connectivity index (χ1v) is 5.01. The summed E-state index contributed by atoms with van der Waals surface area (Å²) in [6, 6.07) is 3.70. The van der Waals surface area contributed by atoms with Gasteiger partial charge in [-0.15, -0.1) is 0 Å². The van der Waals surface area contributed by atoms with Crippen LogP contribution in [-0.2, 0) is 9.53 Å². The zero-order valence-corrected chi connectivity index (χ0v) is 9.80. The van der Waals surface area contributed by atoms with Crippen molar-refractivity contribution in [3.05, 3.63) is 36.7 Å². The normalized spacial score (nSPS) is 11.7. The molecule has 1 aromatic heterocycles. The minimum Gasteiger partial charge on any atom is -0.439 e. The van der Waals surface area contributed by atoms with E-state index in [4.69, 9.17) is 4.74 Å². The summed E-state index contributed by atoms with van der Waals surface area (Å²) in [7, 11) is 1.85. The third-order valence-corrected chi connectivity index (χ3v) is 2.24. The van der Waals surface area contributed by atoms with Gasteiger partial charge in [0.25, 0.3) is 0 Å². The first-order valence-electron chi connectivity index (χ1n) is 5.01. The van der Waals surface area contributed by atoms with Crippen molar-refractivity contribution in [1.82, 2.24) is 4.98 Å². The van der Waals surface area contributed by atoms with Crippen LogP contribution >= 0.6 is 0 Å². The van der Waals surface area contributed by atoms with E-state index in [1.807, 2.05) is 24.1 Å². The molecule has 0 aromatic carbocycles. The highest BCUT2D eigenvalue weighted by atomic mass is 16.6. The summed E-state index contributed by atoms with van der Waals surface area (Å²) in [5, 5.41) is 0. The van der Waals surface area contributed by atoms with Crippen LogP contribution in [0.15, 0.2) is 36.7 Å². The van der Waals surface area contributed by atoms with Gasteiger partial charge >= 0.3 is 5.97 Å². The van der Waals surface area contributed by atoms with Gasteiger partial charge in [0, 0.05) is 30.7 Å². The molecule has 0 radical (unpaired) electrons. The van der Waals surface area contributed by atoms with Crippen LogP contribution in [0.25, 0.3) is 0 Å². The quantitative estimate of drug-likeness (QED) is 0.442. The van der Waals surface area contributed by atoms with Crippen molar-refractivity contribution in [3.8, 4) is 0 Å². The van der Waals surface area contributed by atoms with Crippen molar-refractivity contribution in [3.63, 3.8) is 0 Å². The van der Waals surface area contributed by atoms with Gasteiger partial charge in [0.15, 0.2) is 6.23 Å². The molecule has 1 heterocycles. The highest BCUT2D eigenvalue weighted by molar-refractivity contribution is 5.87. The van der Waals surface area contributed by atoms with Gasteiger partial charge in [0.1, 0.15) is 0 Å². The number of nitrogens with zero attached hydrogens (tertiary/aromatic N) is 2. The zero-order chi connectivity index (χ0) is 12.1. The molecule has 0 spiro atoms. The molecule has 1 aromatic rings. The van der Waals surface area contributed by atoms with Gasteiger partial charge in [0.05, 0.1) is 0 Å². The Morgan fingerprint density at radius 1 is 1.50 bits per heavy atom. The summed E-state index contributed by atoms with van der Waals surface area (Å²) >= 11 is 0. The van der Waals surface area contributed by atoms with Gasteiger partial charge in [-0.2, -0.15) is 0 Å². The Balaban J connectivity index is 2.65. The summed E-state index contributed by atoms with van der Waals surface area (Å²) in [4.78, 5) is 17.1. The number of ether oxygens (including phenoxy) is 1. The van der Waals surface area contributed by atoms with Crippen molar-refractivity contribution in [1.29, 1.82) is 0 Å². The Hall–Kier alpha value is -1.84. The Morgan fingerprint density at radius 2 is 2.06 bits per heavy atom. The van der Waals surface area contributed by atoms with Crippen LogP contribution in [0.5, 0.6) is 0 Å². The van der Waals surface area contributed by atoms with E-state index >= 15 is 0 Å². The average molecular weight is 220 g/mol. The highest BCUT2D eigenvalue weighted by Gasteiger charge is 2.14. The van der Waals surface area contributed by atoms with E-state index in [1.165, 1.54) is 0 Å². The molecule has 0 bridgehead atoms. The predicted octanol–water partition coefficient (Wildman–Crippen LogP) is 1.98. The zero-order valence-electron chi connectivity index (χ0n) is 9.80. The van der Waals surface area contributed by atoms with Crippen LogP contribution in [0.4, 0.5) is 5.69 Å². The number of hydrogen-bond donors (Lipinski definition) is 0. The molecule has 0 N–H and O–H groups in total. The Labute approximate surface area is 95.6 Å². The fourth-order valence-corrected chi connectivity index (χ4v) is 1.12. The van der Waals surface area contributed by atoms with E-state index < -0.39 is 0 Å². The van der Waals surface area contributed by atoms with Crippen LogP contribution in [0.3, 0.4) is 0 Å².